The monoisotopic (exact) mass is 364 g/mol. The number of carbonyl (C=O) groups excluding carboxylic acids is 2. The predicted octanol–water partition coefficient (Wildman–Crippen LogP) is 2.87. The van der Waals surface area contributed by atoms with Gasteiger partial charge in [-0.1, -0.05) is 6.07 Å². The fourth-order valence-electron chi connectivity index (χ4n) is 2.72. The summed E-state index contributed by atoms with van der Waals surface area (Å²) >= 11 is 0. The van der Waals surface area contributed by atoms with Crippen molar-refractivity contribution in [3.63, 3.8) is 0 Å². The Bertz CT molecular complexity index is 1060. The smallest absolute Gasteiger partial charge is 0.357 e. The molecular formula is C19H16N4O4. The number of esters is 1. The Hall–Kier alpha value is -3.99. The van der Waals surface area contributed by atoms with E-state index in [0.29, 0.717) is 16.9 Å². The van der Waals surface area contributed by atoms with Gasteiger partial charge in [-0.15, -0.1) is 0 Å². The number of methoxy groups -OCH3 is 1. The molecule has 0 unspecified atom stereocenters. The van der Waals surface area contributed by atoms with E-state index in [1.54, 1.807) is 37.3 Å². The molecule has 0 saturated carbocycles. The van der Waals surface area contributed by atoms with Crippen LogP contribution in [0.4, 0.5) is 11.4 Å². The quantitative estimate of drug-likeness (QED) is 0.686. The predicted molar refractivity (Wildman–Crippen MR) is 97.6 cm³/mol. The molecule has 0 aliphatic heterocycles. The number of hydrogen-bond acceptors (Lipinski definition) is 6. The van der Waals surface area contributed by atoms with Crippen molar-refractivity contribution < 1.29 is 18.7 Å². The fourth-order valence-corrected chi connectivity index (χ4v) is 2.72. The number of benzene rings is 1. The van der Waals surface area contributed by atoms with Gasteiger partial charge in [-0.3, -0.25) is 4.79 Å². The number of carbonyl (C=O) groups is 2. The van der Waals surface area contributed by atoms with Gasteiger partial charge in [-0.25, -0.2) is 4.79 Å². The molecule has 2 heterocycles. The number of nitrogen functional groups attached to an aromatic ring is 1. The van der Waals surface area contributed by atoms with Crippen LogP contribution in [0.15, 0.2) is 47.2 Å². The Morgan fingerprint density at radius 1 is 1.30 bits per heavy atom. The molecule has 1 amide bonds. The molecule has 136 valence electrons. The number of ether oxygens (including phenoxy) is 1. The van der Waals surface area contributed by atoms with Gasteiger partial charge in [0.1, 0.15) is 6.07 Å². The summed E-state index contributed by atoms with van der Waals surface area (Å²) < 4.78 is 11.4. The lowest BCUT2D eigenvalue weighted by molar-refractivity contribution is 0.0593. The lowest BCUT2D eigenvalue weighted by atomic mass is 10.1. The molecule has 2 aromatic heterocycles. The van der Waals surface area contributed by atoms with E-state index in [4.69, 9.17) is 14.9 Å². The minimum absolute atomic E-state index is 0.0359. The second-order valence-corrected chi connectivity index (χ2v) is 5.66. The summed E-state index contributed by atoms with van der Waals surface area (Å²) in [4.78, 5) is 24.4. The highest BCUT2D eigenvalue weighted by molar-refractivity contribution is 6.03. The third-order valence-corrected chi connectivity index (χ3v) is 4.10. The molecule has 3 N–H and O–H groups in total. The number of aromatic nitrogens is 1. The van der Waals surface area contributed by atoms with Crippen LogP contribution in [0, 0.1) is 18.3 Å². The van der Waals surface area contributed by atoms with Crippen LogP contribution in [0.2, 0.25) is 0 Å². The average molecular weight is 364 g/mol. The summed E-state index contributed by atoms with van der Waals surface area (Å²) in [6, 6.07) is 10.3. The maximum atomic E-state index is 12.3. The van der Waals surface area contributed by atoms with Gasteiger partial charge in [0.05, 0.1) is 30.3 Å². The number of nitrogens with two attached hydrogens (primary N) is 1. The summed E-state index contributed by atoms with van der Waals surface area (Å²) in [6.07, 6.45) is 2.87. The number of amides is 1. The van der Waals surface area contributed by atoms with Gasteiger partial charge < -0.3 is 24.8 Å². The van der Waals surface area contributed by atoms with Gasteiger partial charge in [0.25, 0.3) is 5.91 Å². The highest BCUT2D eigenvalue weighted by Gasteiger charge is 2.23. The zero-order valence-corrected chi connectivity index (χ0v) is 14.6. The van der Waals surface area contributed by atoms with Crippen molar-refractivity contribution in [2.45, 2.75) is 6.92 Å². The van der Waals surface area contributed by atoms with Gasteiger partial charge in [-0.2, -0.15) is 5.26 Å². The molecule has 8 nitrogen and oxygen atoms in total. The molecule has 27 heavy (non-hydrogen) atoms. The molecule has 0 radical (unpaired) electrons. The van der Waals surface area contributed by atoms with E-state index in [-0.39, 0.29) is 22.7 Å². The summed E-state index contributed by atoms with van der Waals surface area (Å²) in [5.41, 5.74) is 7.93. The van der Waals surface area contributed by atoms with Crippen LogP contribution in [0.1, 0.15) is 32.2 Å². The number of furan rings is 1. The topological polar surface area (TPSA) is 123 Å². The van der Waals surface area contributed by atoms with Crippen molar-refractivity contribution in [1.29, 1.82) is 5.26 Å². The maximum Gasteiger partial charge on any atom is 0.357 e. The van der Waals surface area contributed by atoms with Crippen molar-refractivity contribution in [1.82, 2.24) is 4.57 Å². The first kappa shape index (κ1) is 17.8. The van der Waals surface area contributed by atoms with Crippen molar-refractivity contribution in [2.75, 3.05) is 18.2 Å². The van der Waals surface area contributed by atoms with Crippen LogP contribution in [-0.4, -0.2) is 23.6 Å². The third kappa shape index (κ3) is 3.14. The standard InChI is InChI=1S/C19H16N4O4/c1-11-13(22-18(24)15-7-4-8-27-15)5-3-6-14(11)23-10-12(9-20)16(21)17(23)19(25)26-2/h3-8,10H,21H2,1-2H3,(H,22,24). The van der Waals surface area contributed by atoms with E-state index < -0.39 is 11.9 Å². The zero-order chi connectivity index (χ0) is 19.6. The second kappa shape index (κ2) is 7.09. The van der Waals surface area contributed by atoms with Crippen molar-refractivity contribution in [3.05, 3.63) is 65.4 Å². The molecule has 3 rings (SSSR count). The van der Waals surface area contributed by atoms with Crippen LogP contribution in [-0.2, 0) is 4.74 Å². The van der Waals surface area contributed by atoms with Gasteiger partial charge >= 0.3 is 5.97 Å². The second-order valence-electron chi connectivity index (χ2n) is 5.66. The van der Waals surface area contributed by atoms with E-state index >= 15 is 0 Å². The van der Waals surface area contributed by atoms with Crippen LogP contribution >= 0.6 is 0 Å². The molecule has 0 aliphatic rings. The first-order valence-electron chi connectivity index (χ1n) is 7.92. The highest BCUT2D eigenvalue weighted by atomic mass is 16.5. The number of rotatable bonds is 4. The average Bonchev–Trinajstić information content (AvgIpc) is 3.31. The summed E-state index contributed by atoms with van der Waals surface area (Å²) in [7, 11) is 1.23. The largest absolute Gasteiger partial charge is 0.464 e. The Kier molecular flexibility index (Phi) is 4.68. The summed E-state index contributed by atoms with van der Waals surface area (Å²) in [5, 5.41) is 12.0. The van der Waals surface area contributed by atoms with Gasteiger partial charge in [0.15, 0.2) is 11.5 Å². The SMILES string of the molecule is COC(=O)c1c(N)c(C#N)cn1-c1cccc(NC(=O)c2ccco2)c1C. The van der Waals surface area contributed by atoms with Crippen LogP contribution in [0.5, 0.6) is 0 Å². The van der Waals surface area contributed by atoms with Crippen LogP contribution < -0.4 is 11.1 Å². The zero-order valence-electron chi connectivity index (χ0n) is 14.6. The van der Waals surface area contributed by atoms with Crippen molar-refractivity contribution in [3.8, 4) is 11.8 Å². The van der Waals surface area contributed by atoms with Crippen LogP contribution in [0.25, 0.3) is 5.69 Å². The highest BCUT2D eigenvalue weighted by Crippen LogP contribution is 2.29. The Morgan fingerprint density at radius 2 is 2.07 bits per heavy atom. The van der Waals surface area contributed by atoms with Gasteiger partial charge in [-0.05, 0) is 36.8 Å². The molecule has 0 saturated heterocycles. The molecule has 0 bridgehead atoms. The van der Waals surface area contributed by atoms with E-state index in [1.807, 2.05) is 6.07 Å². The third-order valence-electron chi connectivity index (χ3n) is 4.10. The molecule has 1 aromatic carbocycles. The Morgan fingerprint density at radius 3 is 2.70 bits per heavy atom. The molecule has 8 heteroatoms. The van der Waals surface area contributed by atoms with E-state index in [1.165, 1.54) is 24.1 Å². The summed E-state index contributed by atoms with van der Waals surface area (Å²) in [6.45, 7) is 1.77. The first-order valence-corrected chi connectivity index (χ1v) is 7.92. The molecule has 0 fully saturated rings. The molecule has 0 aliphatic carbocycles. The number of anilines is 2. The van der Waals surface area contributed by atoms with E-state index in [2.05, 4.69) is 5.32 Å². The maximum absolute atomic E-state index is 12.3. The molecule has 0 spiro atoms. The number of nitriles is 1. The van der Waals surface area contributed by atoms with Gasteiger partial charge in [0, 0.05) is 11.9 Å². The van der Waals surface area contributed by atoms with E-state index in [9.17, 15) is 14.9 Å². The number of hydrogen-bond donors (Lipinski definition) is 2. The number of nitrogens with zero attached hydrogens (tertiary/aromatic N) is 2. The minimum atomic E-state index is -0.668. The Balaban J connectivity index is 2.08. The summed E-state index contributed by atoms with van der Waals surface area (Å²) in [5.74, 6) is -0.899. The molecule has 3 aromatic rings. The Labute approximate surface area is 154 Å². The number of nitrogens with one attached hydrogen (secondary N) is 1. The van der Waals surface area contributed by atoms with Gasteiger partial charge in [0.2, 0.25) is 0 Å². The minimum Gasteiger partial charge on any atom is -0.464 e. The lowest BCUT2D eigenvalue weighted by Crippen LogP contribution is -2.14. The fraction of sp³-hybridized carbons (Fsp3) is 0.105. The normalized spacial score (nSPS) is 10.3. The lowest BCUT2D eigenvalue weighted by Gasteiger charge is -2.15. The molecular weight excluding hydrogens is 348 g/mol. The van der Waals surface area contributed by atoms with Crippen molar-refractivity contribution >= 4 is 23.3 Å². The first-order chi connectivity index (χ1) is 13.0. The van der Waals surface area contributed by atoms with Crippen molar-refractivity contribution in [2.24, 2.45) is 0 Å². The molecule has 0 atom stereocenters. The van der Waals surface area contributed by atoms with E-state index in [0.717, 1.165) is 0 Å². The van der Waals surface area contributed by atoms with Crippen LogP contribution in [0.3, 0.4) is 0 Å².